The number of hydrogen-bond acceptors (Lipinski definition) is 6. The number of anilines is 1. The number of hydrogen-bond donors (Lipinski definition) is 0. The standard InChI is InChI=1S/C25H22N2O5S/c1-15-4-5-16(2)21(10-15)27-23(29)19-7-6-18(11-20(19)24(27)30)25(31)32-13-22(28)26(3)12-17-8-9-33-14-17/h4-11,14H,12-13H2,1-3H3. The molecule has 3 amide bonds. The maximum Gasteiger partial charge on any atom is 0.338 e. The van der Waals surface area contributed by atoms with Gasteiger partial charge in [0.1, 0.15) is 0 Å². The lowest BCUT2D eigenvalue weighted by atomic mass is 10.1. The van der Waals surface area contributed by atoms with Crippen LogP contribution in [0.3, 0.4) is 0 Å². The van der Waals surface area contributed by atoms with Crippen molar-refractivity contribution < 1.29 is 23.9 Å². The third-order valence-corrected chi connectivity index (χ3v) is 6.21. The molecule has 7 nitrogen and oxygen atoms in total. The van der Waals surface area contributed by atoms with Crippen LogP contribution in [-0.4, -0.2) is 42.2 Å². The summed E-state index contributed by atoms with van der Waals surface area (Å²) in [6.07, 6.45) is 0. The second-order valence-corrected chi connectivity index (χ2v) is 8.73. The van der Waals surface area contributed by atoms with Crippen molar-refractivity contribution >= 4 is 40.7 Å². The second kappa shape index (κ2) is 8.99. The number of rotatable bonds is 6. The molecule has 4 rings (SSSR count). The van der Waals surface area contributed by atoms with Crippen molar-refractivity contribution in [2.45, 2.75) is 20.4 Å². The maximum atomic E-state index is 13.0. The predicted molar refractivity (Wildman–Crippen MR) is 125 cm³/mol. The summed E-state index contributed by atoms with van der Waals surface area (Å²) in [6.45, 7) is 3.71. The summed E-state index contributed by atoms with van der Waals surface area (Å²) in [4.78, 5) is 53.4. The maximum absolute atomic E-state index is 13.0. The molecule has 0 spiro atoms. The summed E-state index contributed by atoms with van der Waals surface area (Å²) in [6, 6.07) is 11.7. The van der Waals surface area contributed by atoms with Crippen LogP contribution in [0.4, 0.5) is 5.69 Å². The Morgan fingerprint density at radius 3 is 2.48 bits per heavy atom. The van der Waals surface area contributed by atoms with Crippen LogP contribution in [0.25, 0.3) is 0 Å². The molecular weight excluding hydrogens is 440 g/mol. The van der Waals surface area contributed by atoms with Gasteiger partial charge in [-0.25, -0.2) is 9.69 Å². The van der Waals surface area contributed by atoms with Crippen LogP contribution in [-0.2, 0) is 16.1 Å². The zero-order chi connectivity index (χ0) is 23.7. The van der Waals surface area contributed by atoms with E-state index in [9.17, 15) is 19.2 Å². The van der Waals surface area contributed by atoms with Crippen LogP contribution >= 0.6 is 11.3 Å². The molecule has 3 aromatic rings. The Balaban J connectivity index is 1.47. The van der Waals surface area contributed by atoms with Crippen LogP contribution < -0.4 is 4.90 Å². The van der Waals surface area contributed by atoms with E-state index in [2.05, 4.69) is 0 Å². The van der Waals surface area contributed by atoms with Gasteiger partial charge in [-0.2, -0.15) is 11.3 Å². The van der Waals surface area contributed by atoms with Gasteiger partial charge in [-0.1, -0.05) is 12.1 Å². The minimum Gasteiger partial charge on any atom is -0.452 e. The van der Waals surface area contributed by atoms with E-state index in [0.717, 1.165) is 21.6 Å². The van der Waals surface area contributed by atoms with E-state index in [4.69, 9.17) is 4.74 Å². The van der Waals surface area contributed by atoms with E-state index in [0.29, 0.717) is 12.2 Å². The van der Waals surface area contributed by atoms with Crippen LogP contribution in [0, 0.1) is 13.8 Å². The first-order valence-electron chi connectivity index (χ1n) is 10.3. The Bertz CT molecular complexity index is 1270. The van der Waals surface area contributed by atoms with Crippen molar-refractivity contribution in [3.8, 4) is 0 Å². The second-order valence-electron chi connectivity index (χ2n) is 7.95. The zero-order valence-electron chi connectivity index (χ0n) is 18.5. The first-order chi connectivity index (χ1) is 15.8. The van der Waals surface area contributed by atoms with E-state index < -0.39 is 24.4 Å². The number of thiophene rings is 1. The number of benzene rings is 2. The summed E-state index contributed by atoms with van der Waals surface area (Å²) in [5.41, 5.74) is 3.69. The van der Waals surface area contributed by atoms with Gasteiger partial charge in [0, 0.05) is 13.6 Å². The van der Waals surface area contributed by atoms with E-state index in [1.54, 1.807) is 24.5 Å². The summed E-state index contributed by atoms with van der Waals surface area (Å²) >= 11 is 1.54. The lowest BCUT2D eigenvalue weighted by molar-refractivity contribution is -0.133. The third-order valence-electron chi connectivity index (χ3n) is 5.48. The highest BCUT2D eigenvalue weighted by Crippen LogP contribution is 2.31. The molecule has 33 heavy (non-hydrogen) atoms. The Morgan fingerprint density at radius 1 is 1.00 bits per heavy atom. The van der Waals surface area contributed by atoms with Gasteiger partial charge in [0.05, 0.1) is 22.4 Å². The first-order valence-corrected chi connectivity index (χ1v) is 11.2. The fourth-order valence-electron chi connectivity index (χ4n) is 3.61. The van der Waals surface area contributed by atoms with Crippen LogP contribution in [0.2, 0.25) is 0 Å². The van der Waals surface area contributed by atoms with E-state index >= 15 is 0 Å². The third kappa shape index (κ3) is 4.42. The van der Waals surface area contributed by atoms with Crippen LogP contribution in [0.5, 0.6) is 0 Å². The van der Waals surface area contributed by atoms with Crippen molar-refractivity contribution in [1.82, 2.24) is 4.90 Å². The fourth-order valence-corrected chi connectivity index (χ4v) is 4.27. The number of likely N-dealkylation sites (N-methyl/N-ethyl adjacent to an activating group) is 1. The molecule has 1 aromatic heterocycles. The highest BCUT2D eigenvalue weighted by Gasteiger charge is 2.38. The molecule has 1 aliphatic heterocycles. The Morgan fingerprint density at radius 2 is 1.76 bits per heavy atom. The number of imide groups is 1. The smallest absolute Gasteiger partial charge is 0.338 e. The quantitative estimate of drug-likeness (QED) is 0.409. The molecule has 0 radical (unpaired) electrons. The molecular formula is C25H22N2O5S. The highest BCUT2D eigenvalue weighted by atomic mass is 32.1. The van der Waals surface area contributed by atoms with Gasteiger partial charge in [-0.05, 0) is 71.6 Å². The van der Waals surface area contributed by atoms with Gasteiger partial charge in [0.25, 0.3) is 17.7 Å². The molecule has 2 heterocycles. The summed E-state index contributed by atoms with van der Waals surface area (Å²) in [5, 5.41) is 3.87. The van der Waals surface area contributed by atoms with Crippen molar-refractivity contribution in [2.24, 2.45) is 0 Å². The number of ether oxygens (including phenoxy) is 1. The Hall–Kier alpha value is -3.78. The number of fused-ring (bicyclic) bond motifs is 1. The molecule has 0 saturated heterocycles. The van der Waals surface area contributed by atoms with Gasteiger partial charge in [0.2, 0.25) is 0 Å². The summed E-state index contributed by atoms with van der Waals surface area (Å²) in [5.74, 6) is -2.01. The number of carbonyl (C=O) groups excluding carboxylic acids is 4. The molecule has 2 aromatic carbocycles. The predicted octanol–water partition coefficient (Wildman–Crippen LogP) is 3.98. The molecule has 8 heteroatoms. The number of esters is 1. The topological polar surface area (TPSA) is 84.0 Å². The molecule has 1 aliphatic rings. The van der Waals surface area contributed by atoms with E-state index in [-0.39, 0.29) is 22.6 Å². The first kappa shape index (κ1) is 22.4. The summed E-state index contributed by atoms with van der Waals surface area (Å²) < 4.78 is 5.16. The Labute approximate surface area is 195 Å². The van der Waals surface area contributed by atoms with Gasteiger partial charge < -0.3 is 9.64 Å². The number of aryl methyl sites for hydroxylation is 2. The average molecular weight is 463 g/mol. The number of amides is 3. The zero-order valence-corrected chi connectivity index (χ0v) is 19.3. The molecule has 0 aliphatic carbocycles. The largest absolute Gasteiger partial charge is 0.452 e. The lowest BCUT2D eigenvalue weighted by Crippen LogP contribution is -2.30. The van der Waals surface area contributed by atoms with Crippen LogP contribution in [0.15, 0.2) is 53.2 Å². The SMILES string of the molecule is Cc1ccc(C)c(N2C(=O)c3ccc(C(=O)OCC(=O)N(C)Cc4ccsc4)cc3C2=O)c1. The van der Waals surface area contributed by atoms with Crippen molar-refractivity contribution in [1.29, 1.82) is 0 Å². The van der Waals surface area contributed by atoms with Gasteiger partial charge in [0.15, 0.2) is 6.61 Å². The number of nitrogens with zero attached hydrogens (tertiary/aromatic N) is 2. The molecule has 0 N–H and O–H groups in total. The minimum absolute atomic E-state index is 0.103. The number of carbonyl (C=O) groups is 4. The highest BCUT2D eigenvalue weighted by molar-refractivity contribution is 7.07. The average Bonchev–Trinajstić information content (AvgIpc) is 3.39. The normalized spacial score (nSPS) is 12.6. The monoisotopic (exact) mass is 462 g/mol. The van der Waals surface area contributed by atoms with Gasteiger partial charge >= 0.3 is 5.97 Å². The molecule has 168 valence electrons. The van der Waals surface area contributed by atoms with E-state index in [1.807, 2.05) is 42.8 Å². The van der Waals surface area contributed by atoms with Crippen molar-refractivity contribution in [3.63, 3.8) is 0 Å². The Kier molecular flexibility index (Phi) is 6.11. The molecule has 0 saturated carbocycles. The van der Waals surface area contributed by atoms with Gasteiger partial charge in [-0.15, -0.1) is 0 Å². The fraction of sp³-hybridized carbons (Fsp3) is 0.200. The summed E-state index contributed by atoms with van der Waals surface area (Å²) in [7, 11) is 1.63. The minimum atomic E-state index is -0.736. The molecule has 0 atom stereocenters. The molecule has 0 unspecified atom stereocenters. The van der Waals surface area contributed by atoms with E-state index in [1.165, 1.54) is 23.1 Å². The van der Waals surface area contributed by atoms with Gasteiger partial charge in [-0.3, -0.25) is 14.4 Å². The molecule has 0 bridgehead atoms. The van der Waals surface area contributed by atoms with Crippen molar-refractivity contribution in [2.75, 3.05) is 18.6 Å². The van der Waals surface area contributed by atoms with Crippen LogP contribution in [0.1, 0.15) is 47.8 Å². The molecule has 0 fully saturated rings. The lowest BCUT2D eigenvalue weighted by Gasteiger charge is -2.17. The van der Waals surface area contributed by atoms with Crippen molar-refractivity contribution in [3.05, 3.63) is 86.6 Å².